The second-order valence-electron chi connectivity index (χ2n) is 10.5. The Hall–Kier alpha value is -3.02. The van der Waals surface area contributed by atoms with Crippen LogP contribution in [-0.4, -0.2) is 36.2 Å². The minimum absolute atomic E-state index is 0.0800. The summed E-state index contributed by atoms with van der Waals surface area (Å²) >= 11 is 0. The summed E-state index contributed by atoms with van der Waals surface area (Å²) in [6.45, 7) is 10.4. The molecule has 2 N–H and O–H groups in total. The average Bonchev–Trinajstić information content (AvgIpc) is 2.90. The topological polar surface area (TPSA) is 60.0 Å². The molecule has 198 valence electrons. The lowest BCUT2D eigenvalue weighted by Crippen LogP contribution is -2.47. The van der Waals surface area contributed by atoms with Crippen LogP contribution < -0.4 is 19.5 Å². The van der Waals surface area contributed by atoms with Gasteiger partial charge < -0.3 is 19.3 Å². The Morgan fingerprint density at radius 3 is 2.16 bits per heavy atom. The Morgan fingerprint density at radius 1 is 0.919 bits per heavy atom. The number of ether oxygens (including phenoxy) is 3. The first kappa shape index (κ1) is 27.0. The van der Waals surface area contributed by atoms with E-state index in [4.69, 9.17) is 14.2 Å². The second kappa shape index (κ2) is 11.6. The summed E-state index contributed by atoms with van der Waals surface area (Å²) in [6, 6.07) is 25.3. The highest BCUT2D eigenvalue weighted by Gasteiger charge is 2.45. The van der Waals surface area contributed by atoms with Crippen molar-refractivity contribution in [2.75, 3.05) is 7.11 Å². The van der Waals surface area contributed by atoms with Crippen molar-refractivity contribution in [3.63, 3.8) is 0 Å². The van der Waals surface area contributed by atoms with E-state index in [1.807, 2.05) is 30.3 Å². The molecule has 0 bridgehead atoms. The molecule has 0 radical (unpaired) electrons. The molecule has 4 rings (SSSR count). The predicted molar refractivity (Wildman–Crippen MR) is 149 cm³/mol. The number of hydrogen-bond acceptors (Lipinski definition) is 5. The standard InChI is InChI=1S/C32H41NO4/c1-7-24(8-2)33-31(21(3)34)36-25-16-14-22(15-17-25)29-27-19-18-26(35-6)20-28(27)37-32(4,5)30(29)23-12-10-9-11-13-23/h9-21,24,29-31,33-34H,7-8H2,1-6H3/t21-,29+,30-,31?/m0/s1. The van der Waals surface area contributed by atoms with Crippen molar-refractivity contribution >= 4 is 0 Å². The first-order chi connectivity index (χ1) is 17.8. The van der Waals surface area contributed by atoms with Crippen LogP contribution in [-0.2, 0) is 0 Å². The Morgan fingerprint density at radius 2 is 1.57 bits per heavy atom. The van der Waals surface area contributed by atoms with Crippen molar-refractivity contribution in [1.82, 2.24) is 5.32 Å². The van der Waals surface area contributed by atoms with E-state index in [9.17, 15) is 5.11 Å². The third-order valence-corrected chi connectivity index (χ3v) is 7.50. The molecule has 4 atom stereocenters. The Bertz CT molecular complexity index is 1140. The molecule has 3 aromatic rings. The smallest absolute Gasteiger partial charge is 0.176 e. The molecule has 0 aliphatic carbocycles. The first-order valence-corrected chi connectivity index (χ1v) is 13.4. The normalized spacial score (nSPS) is 20.0. The summed E-state index contributed by atoms with van der Waals surface area (Å²) in [5.74, 6) is 2.54. The molecule has 0 amide bonds. The molecule has 1 heterocycles. The van der Waals surface area contributed by atoms with Crippen molar-refractivity contribution in [3.05, 3.63) is 89.5 Å². The quantitative estimate of drug-likeness (QED) is 0.304. The van der Waals surface area contributed by atoms with Gasteiger partial charge in [0.05, 0.1) is 7.11 Å². The molecule has 3 aromatic carbocycles. The van der Waals surface area contributed by atoms with E-state index in [-0.39, 0.29) is 11.8 Å². The van der Waals surface area contributed by atoms with Gasteiger partial charge in [0.2, 0.25) is 0 Å². The Balaban J connectivity index is 1.71. The number of hydrogen-bond donors (Lipinski definition) is 2. The van der Waals surface area contributed by atoms with Crippen LogP contribution in [0.2, 0.25) is 0 Å². The maximum absolute atomic E-state index is 10.3. The molecule has 5 nitrogen and oxygen atoms in total. The zero-order chi connectivity index (χ0) is 26.6. The lowest BCUT2D eigenvalue weighted by atomic mass is 9.68. The Kier molecular flexibility index (Phi) is 8.46. The fraction of sp³-hybridized carbons (Fsp3) is 0.438. The lowest BCUT2D eigenvalue weighted by molar-refractivity contribution is 0.0184. The van der Waals surface area contributed by atoms with Gasteiger partial charge in [-0.3, -0.25) is 5.32 Å². The number of fused-ring (bicyclic) bond motifs is 1. The van der Waals surface area contributed by atoms with Crippen molar-refractivity contribution < 1.29 is 19.3 Å². The van der Waals surface area contributed by atoms with Crippen molar-refractivity contribution in [2.45, 2.75) is 83.3 Å². The monoisotopic (exact) mass is 503 g/mol. The van der Waals surface area contributed by atoms with E-state index in [0.717, 1.165) is 35.7 Å². The molecular formula is C32H41NO4. The van der Waals surface area contributed by atoms with Crippen LogP contribution in [0.3, 0.4) is 0 Å². The molecule has 1 aliphatic heterocycles. The molecule has 0 saturated carbocycles. The van der Waals surface area contributed by atoms with Crippen LogP contribution >= 0.6 is 0 Å². The summed E-state index contributed by atoms with van der Waals surface area (Å²) < 4.78 is 18.3. The van der Waals surface area contributed by atoms with E-state index >= 15 is 0 Å². The van der Waals surface area contributed by atoms with Gasteiger partial charge in [-0.2, -0.15) is 0 Å². The zero-order valence-corrected chi connectivity index (χ0v) is 22.9. The average molecular weight is 504 g/mol. The minimum atomic E-state index is -0.638. The van der Waals surface area contributed by atoms with E-state index in [0.29, 0.717) is 6.04 Å². The van der Waals surface area contributed by atoms with Gasteiger partial charge in [0, 0.05) is 29.5 Å². The van der Waals surface area contributed by atoms with Crippen molar-refractivity contribution in [2.24, 2.45) is 0 Å². The zero-order valence-electron chi connectivity index (χ0n) is 22.9. The lowest BCUT2D eigenvalue weighted by Gasteiger charge is -2.45. The molecule has 0 fully saturated rings. The van der Waals surface area contributed by atoms with Crippen LogP contribution in [0.5, 0.6) is 17.2 Å². The number of methoxy groups -OCH3 is 1. The molecule has 5 heteroatoms. The summed E-state index contributed by atoms with van der Waals surface area (Å²) in [5, 5.41) is 13.8. The highest BCUT2D eigenvalue weighted by molar-refractivity contribution is 5.52. The molecular weight excluding hydrogens is 462 g/mol. The molecule has 0 aromatic heterocycles. The Labute approximate surface area is 221 Å². The fourth-order valence-electron chi connectivity index (χ4n) is 5.47. The third kappa shape index (κ3) is 5.94. The molecule has 0 saturated heterocycles. The van der Waals surface area contributed by atoms with E-state index in [2.05, 4.69) is 75.5 Å². The largest absolute Gasteiger partial charge is 0.497 e. The van der Waals surface area contributed by atoms with Crippen LogP contribution in [0.15, 0.2) is 72.8 Å². The van der Waals surface area contributed by atoms with Crippen LogP contribution in [0.25, 0.3) is 0 Å². The number of nitrogens with one attached hydrogen (secondary N) is 1. The number of rotatable bonds is 10. The summed E-state index contributed by atoms with van der Waals surface area (Å²) in [4.78, 5) is 0. The molecule has 37 heavy (non-hydrogen) atoms. The van der Waals surface area contributed by atoms with Gasteiger partial charge in [0.25, 0.3) is 0 Å². The highest BCUT2D eigenvalue weighted by Crippen LogP contribution is 2.53. The van der Waals surface area contributed by atoms with E-state index in [1.54, 1.807) is 14.0 Å². The molecule has 1 unspecified atom stereocenters. The fourth-order valence-corrected chi connectivity index (χ4v) is 5.47. The number of aliphatic hydroxyl groups is 1. The van der Waals surface area contributed by atoms with Gasteiger partial charge in [-0.05, 0) is 62.9 Å². The SMILES string of the molecule is CCC(CC)NC(Oc1ccc([C@@H]2c3ccc(OC)cc3OC(C)(C)[C@H]2c2ccccc2)cc1)[C@H](C)O. The van der Waals surface area contributed by atoms with Crippen LogP contribution in [0, 0.1) is 0 Å². The van der Waals surface area contributed by atoms with Gasteiger partial charge in [-0.1, -0.05) is 62.4 Å². The molecule has 0 spiro atoms. The van der Waals surface area contributed by atoms with Gasteiger partial charge in [-0.25, -0.2) is 0 Å². The third-order valence-electron chi connectivity index (χ3n) is 7.50. The predicted octanol–water partition coefficient (Wildman–Crippen LogP) is 6.65. The van der Waals surface area contributed by atoms with Gasteiger partial charge in [0.15, 0.2) is 6.23 Å². The van der Waals surface area contributed by atoms with Crippen LogP contribution in [0.4, 0.5) is 0 Å². The maximum atomic E-state index is 10.3. The second-order valence-corrected chi connectivity index (χ2v) is 10.5. The van der Waals surface area contributed by atoms with Crippen LogP contribution in [0.1, 0.15) is 76.0 Å². The van der Waals surface area contributed by atoms with Gasteiger partial charge in [0.1, 0.15) is 29.0 Å². The van der Waals surface area contributed by atoms with Crippen molar-refractivity contribution in [3.8, 4) is 17.2 Å². The highest BCUT2D eigenvalue weighted by atomic mass is 16.5. The summed E-state index contributed by atoms with van der Waals surface area (Å²) in [5.41, 5.74) is 3.12. The van der Waals surface area contributed by atoms with Crippen molar-refractivity contribution in [1.29, 1.82) is 0 Å². The van der Waals surface area contributed by atoms with Gasteiger partial charge >= 0.3 is 0 Å². The van der Waals surface area contributed by atoms with E-state index in [1.165, 1.54) is 11.1 Å². The minimum Gasteiger partial charge on any atom is -0.497 e. The first-order valence-electron chi connectivity index (χ1n) is 13.4. The molecule has 1 aliphatic rings. The van der Waals surface area contributed by atoms with Gasteiger partial charge in [-0.15, -0.1) is 0 Å². The maximum Gasteiger partial charge on any atom is 0.176 e. The summed E-state index contributed by atoms with van der Waals surface area (Å²) in [7, 11) is 1.68. The number of aliphatic hydroxyl groups excluding tert-OH is 1. The van der Waals surface area contributed by atoms with E-state index < -0.39 is 17.9 Å². The number of benzene rings is 3. The summed E-state index contributed by atoms with van der Waals surface area (Å²) in [6.07, 6.45) is 0.850.